The Bertz CT molecular complexity index is 1290. The minimum absolute atomic E-state index is 0.0420. The summed E-state index contributed by atoms with van der Waals surface area (Å²) in [5.74, 6) is -3.71. The predicted octanol–water partition coefficient (Wildman–Crippen LogP) is 2.99. The van der Waals surface area contributed by atoms with Gasteiger partial charge < -0.3 is 25.2 Å². The highest BCUT2D eigenvalue weighted by Crippen LogP contribution is 2.37. The van der Waals surface area contributed by atoms with E-state index in [0.29, 0.717) is 55.7 Å². The Morgan fingerprint density at radius 2 is 1.79 bits per heavy atom. The van der Waals surface area contributed by atoms with Gasteiger partial charge in [0, 0.05) is 80.7 Å². The van der Waals surface area contributed by atoms with Gasteiger partial charge >= 0.3 is 0 Å². The molecule has 0 aliphatic carbocycles. The van der Waals surface area contributed by atoms with Gasteiger partial charge in [0.2, 0.25) is 24.2 Å². The number of ether oxygens (including phenoxy) is 1. The van der Waals surface area contributed by atoms with Crippen molar-refractivity contribution in [2.45, 2.75) is 51.8 Å². The van der Waals surface area contributed by atoms with Crippen LogP contribution in [0.2, 0.25) is 0 Å². The minimum atomic E-state index is -2.83. The van der Waals surface area contributed by atoms with Crippen molar-refractivity contribution < 1.29 is 27.5 Å². The molecule has 3 aliphatic rings. The summed E-state index contributed by atoms with van der Waals surface area (Å²) in [5, 5.41) is 5.34. The lowest BCUT2D eigenvalue weighted by molar-refractivity contribution is -0.133. The molecule has 0 radical (unpaired) electrons. The van der Waals surface area contributed by atoms with Crippen LogP contribution in [0.25, 0.3) is 11.1 Å². The van der Waals surface area contributed by atoms with Gasteiger partial charge in [-0.05, 0) is 40.0 Å². The molecule has 2 unspecified atom stereocenters. The van der Waals surface area contributed by atoms with Crippen molar-refractivity contribution in [1.29, 1.82) is 0 Å². The van der Waals surface area contributed by atoms with E-state index in [-0.39, 0.29) is 30.3 Å². The van der Waals surface area contributed by atoms with Crippen molar-refractivity contribution >= 4 is 29.1 Å². The van der Waals surface area contributed by atoms with Gasteiger partial charge in [0.15, 0.2) is 0 Å². The second-order valence-electron chi connectivity index (χ2n) is 11.6. The van der Waals surface area contributed by atoms with E-state index in [9.17, 15) is 18.4 Å². The van der Waals surface area contributed by atoms with E-state index in [1.165, 1.54) is 24.5 Å². The van der Waals surface area contributed by atoms with Crippen molar-refractivity contribution in [2.75, 3.05) is 61.5 Å². The van der Waals surface area contributed by atoms with Gasteiger partial charge in [-0.2, -0.15) is 0 Å². The Kier molecular flexibility index (Phi) is 8.88. The van der Waals surface area contributed by atoms with Gasteiger partial charge in [0.1, 0.15) is 5.82 Å². The van der Waals surface area contributed by atoms with Crippen molar-refractivity contribution in [1.82, 2.24) is 20.2 Å². The molecule has 1 aromatic heterocycles. The largest absolute Gasteiger partial charge is 0.375 e. The smallest absolute Gasteiger partial charge is 0.242 e. The number of nitrogens with one attached hydrogen (secondary N) is 2. The van der Waals surface area contributed by atoms with Crippen molar-refractivity contribution in [3.8, 4) is 11.1 Å². The van der Waals surface area contributed by atoms with Gasteiger partial charge in [-0.25, -0.2) is 23.1 Å². The molecule has 3 saturated heterocycles. The molecular formula is C29H38F3N7O3. The summed E-state index contributed by atoms with van der Waals surface area (Å²) in [6, 6.07) is 3.20. The fourth-order valence-electron chi connectivity index (χ4n) is 5.95. The Morgan fingerprint density at radius 3 is 2.43 bits per heavy atom. The SMILES string of the molecule is C[C@@H]1CN(c2cc(F)c(-c3cnc(N4CCO[C@@H](C)C4)nc3)cc2NC(=O)C2CNC(=O)CC2C(F)F)C[C@H](C)N1C. The van der Waals surface area contributed by atoms with Gasteiger partial charge in [-0.1, -0.05) is 0 Å². The van der Waals surface area contributed by atoms with Gasteiger partial charge in [0.25, 0.3) is 0 Å². The third kappa shape index (κ3) is 6.31. The molecule has 0 spiro atoms. The Labute approximate surface area is 243 Å². The average molecular weight is 590 g/mol. The van der Waals surface area contributed by atoms with E-state index in [1.54, 1.807) is 0 Å². The maximum absolute atomic E-state index is 15.8. The normalized spacial score (nSPS) is 27.2. The third-order valence-electron chi connectivity index (χ3n) is 8.63. The Balaban J connectivity index is 1.48. The fraction of sp³-hybridized carbons (Fsp3) is 0.586. The highest BCUT2D eigenvalue weighted by Gasteiger charge is 2.40. The number of carbonyl (C=O) groups excluding carboxylic acids is 2. The molecule has 5 rings (SSSR count). The van der Waals surface area contributed by atoms with Gasteiger partial charge in [-0.3, -0.25) is 14.5 Å². The number of benzene rings is 1. The van der Waals surface area contributed by atoms with E-state index >= 15 is 4.39 Å². The number of hydrogen-bond acceptors (Lipinski definition) is 8. The quantitative estimate of drug-likeness (QED) is 0.531. The highest BCUT2D eigenvalue weighted by molar-refractivity contribution is 5.98. The Morgan fingerprint density at radius 1 is 1.10 bits per heavy atom. The van der Waals surface area contributed by atoms with Crippen molar-refractivity contribution in [3.05, 3.63) is 30.3 Å². The van der Waals surface area contributed by atoms with E-state index in [4.69, 9.17) is 4.74 Å². The van der Waals surface area contributed by atoms with Crippen LogP contribution in [-0.4, -0.2) is 97.7 Å². The highest BCUT2D eigenvalue weighted by atomic mass is 19.3. The van der Waals surface area contributed by atoms with Crippen molar-refractivity contribution in [3.63, 3.8) is 0 Å². The maximum atomic E-state index is 15.8. The summed E-state index contributed by atoms with van der Waals surface area (Å²) in [5.41, 5.74) is 1.35. The molecule has 42 heavy (non-hydrogen) atoms. The first-order valence-corrected chi connectivity index (χ1v) is 14.4. The first-order chi connectivity index (χ1) is 20.0. The number of piperidine rings is 1. The van der Waals surface area contributed by atoms with Crippen LogP contribution in [0.4, 0.5) is 30.5 Å². The molecule has 3 fully saturated rings. The summed E-state index contributed by atoms with van der Waals surface area (Å²) in [6.07, 6.45) is -0.151. The lowest BCUT2D eigenvalue weighted by Crippen LogP contribution is -2.55. The standard InChI is InChI=1S/C29H38F3N7O3/c1-16-13-39(14-17(2)37(16)4)25-9-23(30)20(19-10-34-29(35-11-19)38-5-6-42-18(3)15-38)7-24(25)36-28(41)22-12-33-26(40)8-21(22)27(31)32/h7,9-11,16-18,21-22,27H,5-6,8,12-15H2,1-4H3,(H,33,40)(H,36,41)/t16-,17+,18-,21?,22?/m0/s1. The predicted molar refractivity (Wildman–Crippen MR) is 153 cm³/mol. The topological polar surface area (TPSA) is 103 Å². The summed E-state index contributed by atoms with van der Waals surface area (Å²) in [4.78, 5) is 40.4. The molecule has 1 aromatic carbocycles. The fourth-order valence-corrected chi connectivity index (χ4v) is 5.95. The number of halogens is 3. The second kappa shape index (κ2) is 12.4. The van der Waals surface area contributed by atoms with E-state index in [2.05, 4.69) is 39.3 Å². The van der Waals surface area contributed by atoms with Crippen molar-refractivity contribution in [2.24, 2.45) is 11.8 Å². The number of anilines is 3. The van der Waals surface area contributed by atoms with Crippen LogP contribution in [-0.2, 0) is 14.3 Å². The maximum Gasteiger partial charge on any atom is 0.242 e. The zero-order valence-corrected chi connectivity index (χ0v) is 24.3. The number of nitrogens with zero attached hydrogens (tertiary/aromatic N) is 5. The van der Waals surface area contributed by atoms with Gasteiger partial charge in [-0.15, -0.1) is 0 Å². The number of piperazine rings is 1. The molecule has 0 saturated carbocycles. The van der Waals surface area contributed by atoms with Crippen LogP contribution < -0.4 is 20.4 Å². The molecule has 4 heterocycles. The summed E-state index contributed by atoms with van der Waals surface area (Å²) in [7, 11) is 2.03. The first-order valence-electron chi connectivity index (χ1n) is 14.4. The summed E-state index contributed by atoms with van der Waals surface area (Å²) in [6.45, 7) is 8.92. The van der Waals surface area contributed by atoms with Crippen LogP contribution in [0.5, 0.6) is 0 Å². The lowest BCUT2D eigenvalue weighted by atomic mass is 9.85. The molecule has 228 valence electrons. The number of morpholine rings is 1. The molecule has 2 N–H and O–H groups in total. The van der Waals surface area contributed by atoms with Crippen LogP contribution in [0.3, 0.4) is 0 Å². The molecular weight excluding hydrogens is 551 g/mol. The number of hydrogen-bond donors (Lipinski definition) is 2. The number of carbonyl (C=O) groups is 2. The molecule has 5 atom stereocenters. The van der Waals surface area contributed by atoms with Gasteiger partial charge in [0.05, 0.1) is 30.0 Å². The molecule has 3 aliphatic heterocycles. The van der Waals surface area contributed by atoms with Crippen LogP contribution in [0.15, 0.2) is 24.5 Å². The molecule has 0 bridgehead atoms. The molecule has 2 aromatic rings. The third-order valence-corrected chi connectivity index (χ3v) is 8.63. The molecule has 10 nitrogen and oxygen atoms in total. The number of likely N-dealkylation sites (N-methyl/N-ethyl adjacent to an activating group) is 1. The van der Waals surface area contributed by atoms with Crippen LogP contribution in [0, 0.1) is 17.7 Å². The number of aromatic nitrogens is 2. The lowest BCUT2D eigenvalue weighted by Gasteiger charge is -2.44. The number of alkyl halides is 2. The Hall–Kier alpha value is -3.45. The average Bonchev–Trinajstić information content (AvgIpc) is 2.96. The summed E-state index contributed by atoms with van der Waals surface area (Å²) >= 11 is 0. The molecule has 2 amide bonds. The van der Waals surface area contributed by atoms with E-state index in [1.807, 2.05) is 23.8 Å². The molecule has 13 heteroatoms. The minimum Gasteiger partial charge on any atom is -0.375 e. The second-order valence-corrected chi connectivity index (χ2v) is 11.6. The van der Waals surface area contributed by atoms with E-state index in [0.717, 1.165) is 0 Å². The van der Waals surface area contributed by atoms with Crippen LogP contribution >= 0.6 is 0 Å². The first kappa shape index (κ1) is 30.0. The number of rotatable bonds is 6. The zero-order valence-electron chi connectivity index (χ0n) is 24.3. The summed E-state index contributed by atoms with van der Waals surface area (Å²) < 4.78 is 49.0. The van der Waals surface area contributed by atoms with E-state index < -0.39 is 42.3 Å². The zero-order chi connectivity index (χ0) is 30.1. The van der Waals surface area contributed by atoms with Crippen LogP contribution in [0.1, 0.15) is 27.2 Å². The number of amides is 2. The monoisotopic (exact) mass is 589 g/mol.